The van der Waals surface area contributed by atoms with Crippen molar-refractivity contribution >= 4 is 39.2 Å². The van der Waals surface area contributed by atoms with Crippen LogP contribution in [-0.4, -0.2) is 74.1 Å². The summed E-state index contributed by atoms with van der Waals surface area (Å²) in [5, 5.41) is 5.54. The molecule has 3 aliphatic rings. The molecule has 1 aromatic carbocycles. The van der Waals surface area contributed by atoms with E-state index in [0.717, 1.165) is 60.6 Å². The van der Waals surface area contributed by atoms with Gasteiger partial charge in [-0.15, -0.1) is 11.3 Å². The van der Waals surface area contributed by atoms with Crippen LogP contribution in [0.25, 0.3) is 10.2 Å². The van der Waals surface area contributed by atoms with Crippen molar-refractivity contribution in [2.24, 2.45) is 12.5 Å². The largest absolute Gasteiger partial charge is 0.355 e. The van der Waals surface area contributed by atoms with Gasteiger partial charge in [0.1, 0.15) is 17.0 Å². The predicted octanol–water partition coefficient (Wildman–Crippen LogP) is 3.54. The van der Waals surface area contributed by atoms with Gasteiger partial charge >= 0.3 is 0 Å². The molecule has 3 aliphatic heterocycles. The van der Waals surface area contributed by atoms with Gasteiger partial charge in [-0.1, -0.05) is 19.1 Å². The summed E-state index contributed by atoms with van der Waals surface area (Å²) < 4.78 is 1.78. The number of anilines is 1. The van der Waals surface area contributed by atoms with E-state index < -0.39 is 0 Å². The fourth-order valence-electron chi connectivity index (χ4n) is 6.35. The Morgan fingerprint density at radius 1 is 1.08 bits per heavy atom. The second-order valence-corrected chi connectivity index (χ2v) is 11.9. The zero-order valence-corrected chi connectivity index (χ0v) is 22.3. The second-order valence-electron chi connectivity index (χ2n) is 10.8. The van der Waals surface area contributed by atoms with E-state index in [1.54, 1.807) is 34.5 Å². The molecule has 0 N–H and O–H groups in total. The number of hydrogen-bond donors (Lipinski definition) is 0. The third kappa shape index (κ3) is 3.65. The lowest BCUT2D eigenvalue weighted by molar-refractivity contribution is -0.0244. The predicted molar refractivity (Wildman–Crippen MR) is 145 cm³/mol. The van der Waals surface area contributed by atoms with E-state index in [4.69, 9.17) is 0 Å². The van der Waals surface area contributed by atoms with E-state index in [1.165, 1.54) is 9.78 Å². The van der Waals surface area contributed by atoms with Crippen LogP contribution in [0, 0.1) is 5.41 Å². The van der Waals surface area contributed by atoms with E-state index in [1.807, 2.05) is 31.6 Å². The van der Waals surface area contributed by atoms with Gasteiger partial charge in [0.25, 0.3) is 11.8 Å². The first-order valence-corrected chi connectivity index (χ1v) is 13.9. The molecular formula is C28H29N7O2S. The Labute approximate surface area is 224 Å². The number of carbonyl (C=O) groups is 2. The smallest absolute Gasteiger partial charge is 0.261 e. The van der Waals surface area contributed by atoms with Gasteiger partial charge in [0.05, 0.1) is 28.8 Å². The van der Waals surface area contributed by atoms with E-state index in [0.29, 0.717) is 17.7 Å². The molecule has 2 fully saturated rings. The molecule has 2 amide bonds. The molecule has 0 bridgehead atoms. The Kier molecular flexibility index (Phi) is 5.38. The van der Waals surface area contributed by atoms with E-state index in [2.05, 4.69) is 37.9 Å². The maximum Gasteiger partial charge on any atom is 0.261 e. The van der Waals surface area contributed by atoms with Crippen molar-refractivity contribution in [1.29, 1.82) is 0 Å². The number of amides is 2. The van der Waals surface area contributed by atoms with E-state index in [-0.39, 0.29) is 23.3 Å². The summed E-state index contributed by atoms with van der Waals surface area (Å²) in [6, 6.07) is 9.24. The van der Waals surface area contributed by atoms with Gasteiger partial charge in [0, 0.05) is 61.8 Å². The molecule has 1 atom stereocenters. The standard InChI is InChI=1S/C28H29N7O2S/c1-3-19-10-22-24(29-17-30-25(22)38-19)33-9-8-28(14-33)15-34(16-28)23(18-11-31-32(2)12-18)13-35-26(36)20-6-4-5-7-21(20)27(35)37/h4-7,10-12,17,23H,3,8-9,13-16H2,1-2H3. The molecule has 2 saturated heterocycles. The zero-order valence-electron chi connectivity index (χ0n) is 21.5. The van der Waals surface area contributed by atoms with Crippen LogP contribution in [0.15, 0.2) is 49.1 Å². The molecule has 1 unspecified atom stereocenters. The molecule has 0 saturated carbocycles. The Morgan fingerprint density at radius 2 is 1.84 bits per heavy atom. The highest BCUT2D eigenvalue weighted by Gasteiger charge is 2.51. The molecule has 3 aromatic heterocycles. The summed E-state index contributed by atoms with van der Waals surface area (Å²) in [5.41, 5.74) is 2.18. The quantitative estimate of drug-likeness (QED) is 0.355. The van der Waals surface area contributed by atoms with Gasteiger partial charge in [-0.25, -0.2) is 9.97 Å². The third-order valence-corrected chi connectivity index (χ3v) is 9.49. The third-order valence-electron chi connectivity index (χ3n) is 8.31. The summed E-state index contributed by atoms with van der Waals surface area (Å²) in [6.07, 6.45) is 7.63. The van der Waals surface area contributed by atoms with Crippen LogP contribution < -0.4 is 4.90 Å². The van der Waals surface area contributed by atoms with Crippen LogP contribution in [0.5, 0.6) is 0 Å². The molecule has 38 heavy (non-hydrogen) atoms. The summed E-state index contributed by atoms with van der Waals surface area (Å²) in [5.74, 6) is 0.615. The Balaban J connectivity index is 1.11. The molecule has 0 radical (unpaired) electrons. The highest BCUT2D eigenvalue weighted by Crippen LogP contribution is 2.46. The lowest BCUT2D eigenvalue weighted by Crippen LogP contribution is -2.60. The summed E-state index contributed by atoms with van der Waals surface area (Å²) >= 11 is 1.75. The summed E-state index contributed by atoms with van der Waals surface area (Å²) in [6.45, 7) is 6.22. The van der Waals surface area contributed by atoms with Crippen LogP contribution in [0.2, 0.25) is 0 Å². The van der Waals surface area contributed by atoms with Crippen molar-refractivity contribution in [3.05, 3.63) is 70.6 Å². The maximum atomic E-state index is 13.1. The number of carbonyl (C=O) groups excluding carboxylic acids is 2. The maximum absolute atomic E-state index is 13.1. The average molecular weight is 528 g/mol. The fourth-order valence-corrected chi connectivity index (χ4v) is 7.28. The number of hydrogen-bond acceptors (Lipinski definition) is 8. The van der Waals surface area contributed by atoms with Crippen molar-refractivity contribution in [3.63, 3.8) is 0 Å². The SMILES string of the molecule is CCc1cc2c(N3CCC4(C3)CN(C(CN3C(=O)c5ccccc5C3=O)c3cnn(C)c3)C4)ncnc2s1. The number of likely N-dealkylation sites (tertiary alicyclic amines) is 1. The number of aryl methyl sites for hydroxylation is 2. The highest BCUT2D eigenvalue weighted by molar-refractivity contribution is 7.18. The molecule has 7 rings (SSSR count). The summed E-state index contributed by atoms with van der Waals surface area (Å²) in [7, 11) is 1.89. The van der Waals surface area contributed by atoms with Crippen LogP contribution >= 0.6 is 11.3 Å². The lowest BCUT2D eigenvalue weighted by Gasteiger charge is -2.51. The molecule has 4 aromatic rings. The number of imide groups is 1. The number of rotatable bonds is 6. The first kappa shape index (κ1) is 23.5. The van der Waals surface area contributed by atoms with Crippen molar-refractivity contribution < 1.29 is 9.59 Å². The van der Waals surface area contributed by atoms with Crippen LogP contribution in [0.4, 0.5) is 5.82 Å². The van der Waals surface area contributed by atoms with E-state index in [9.17, 15) is 9.59 Å². The van der Waals surface area contributed by atoms with Crippen molar-refractivity contribution in [1.82, 2.24) is 29.5 Å². The molecule has 10 heteroatoms. The number of thiophene rings is 1. The normalized spacial score (nSPS) is 19.5. The van der Waals surface area contributed by atoms with Crippen molar-refractivity contribution in [3.8, 4) is 0 Å². The minimum atomic E-state index is -0.211. The number of nitrogens with zero attached hydrogens (tertiary/aromatic N) is 7. The number of aromatic nitrogens is 4. The first-order chi connectivity index (χ1) is 18.4. The zero-order chi connectivity index (χ0) is 26.0. The van der Waals surface area contributed by atoms with Crippen LogP contribution in [0.3, 0.4) is 0 Å². The fraction of sp³-hybridized carbons (Fsp3) is 0.393. The molecule has 1 spiro atoms. The first-order valence-electron chi connectivity index (χ1n) is 13.1. The van der Waals surface area contributed by atoms with Crippen LogP contribution in [-0.2, 0) is 13.5 Å². The molecule has 194 valence electrons. The van der Waals surface area contributed by atoms with Gasteiger partial charge in [0.2, 0.25) is 0 Å². The Bertz CT molecular complexity index is 1540. The highest BCUT2D eigenvalue weighted by atomic mass is 32.1. The summed E-state index contributed by atoms with van der Waals surface area (Å²) in [4.78, 5) is 44.1. The monoisotopic (exact) mass is 527 g/mol. The van der Waals surface area contributed by atoms with Crippen molar-refractivity contribution in [2.45, 2.75) is 25.8 Å². The minimum absolute atomic E-state index is 0.0969. The van der Waals surface area contributed by atoms with Gasteiger partial charge in [-0.3, -0.25) is 24.1 Å². The van der Waals surface area contributed by atoms with Gasteiger partial charge in [-0.2, -0.15) is 5.10 Å². The van der Waals surface area contributed by atoms with Gasteiger partial charge < -0.3 is 4.90 Å². The average Bonchev–Trinajstić information content (AvgIpc) is 3.68. The minimum Gasteiger partial charge on any atom is -0.355 e. The second kappa shape index (κ2) is 8.71. The van der Waals surface area contributed by atoms with Gasteiger partial charge in [-0.05, 0) is 31.0 Å². The lowest BCUT2D eigenvalue weighted by atomic mass is 9.77. The molecule has 9 nitrogen and oxygen atoms in total. The topological polar surface area (TPSA) is 87.5 Å². The number of fused-ring (bicyclic) bond motifs is 2. The van der Waals surface area contributed by atoms with E-state index >= 15 is 0 Å². The van der Waals surface area contributed by atoms with Crippen LogP contribution in [0.1, 0.15) is 50.5 Å². The molecular weight excluding hydrogens is 498 g/mol. The number of benzene rings is 1. The molecule has 0 aliphatic carbocycles. The Hall–Kier alpha value is -3.63. The Morgan fingerprint density at radius 3 is 2.53 bits per heavy atom. The van der Waals surface area contributed by atoms with Crippen molar-refractivity contribution in [2.75, 3.05) is 37.6 Å². The van der Waals surface area contributed by atoms with Gasteiger partial charge in [0.15, 0.2) is 0 Å². The molecule has 6 heterocycles.